The molecule has 122 valence electrons. The quantitative estimate of drug-likeness (QED) is 0.718. The van der Waals surface area contributed by atoms with Crippen molar-refractivity contribution in [2.45, 2.75) is 6.92 Å². The Kier molecular flexibility index (Phi) is 3.95. The molecule has 0 saturated carbocycles. The summed E-state index contributed by atoms with van der Waals surface area (Å²) in [4.78, 5) is 23.9. The summed E-state index contributed by atoms with van der Waals surface area (Å²) in [5.41, 5.74) is 1.69. The van der Waals surface area contributed by atoms with Crippen LogP contribution in [0.4, 0.5) is 5.69 Å². The van der Waals surface area contributed by atoms with E-state index in [4.69, 9.17) is 9.15 Å². The zero-order valence-electron chi connectivity index (χ0n) is 13.1. The average Bonchev–Trinajstić information content (AvgIpc) is 2.95. The molecule has 24 heavy (non-hydrogen) atoms. The van der Waals surface area contributed by atoms with Crippen LogP contribution in [0.1, 0.15) is 22.8 Å². The molecule has 0 radical (unpaired) electrons. The summed E-state index contributed by atoms with van der Waals surface area (Å²) in [5, 5.41) is 13.0. The molecular weight excluding hydrogens is 310 g/mol. The Balaban J connectivity index is 2.03. The zero-order valence-corrected chi connectivity index (χ0v) is 13.1. The van der Waals surface area contributed by atoms with E-state index in [1.165, 1.54) is 32.4 Å². The van der Waals surface area contributed by atoms with Crippen molar-refractivity contribution >= 4 is 28.3 Å². The minimum atomic E-state index is -0.273. The van der Waals surface area contributed by atoms with E-state index in [-0.39, 0.29) is 23.2 Å². The van der Waals surface area contributed by atoms with Gasteiger partial charge >= 0.3 is 0 Å². The lowest BCUT2D eigenvalue weighted by Gasteiger charge is -2.05. The molecule has 0 aliphatic carbocycles. The third-order valence-electron chi connectivity index (χ3n) is 3.56. The first-order chi connectivity index (χ1) is 11.5. The monoisotopic (exact) mass is 325 g/mol. The Labute approximate surface area is 137 Å². The van der Waals surface area contributed by atoms with Gasteiger partial charge in [-0.2, -0.15) is 0 Å². The maximum Gasteiger partial charge on any atom is 0.221 e. The number of anilines is 1. The molecule has 1 aromatic heterocycles. The number of amides is 1. The van der Waals surface area contributed by atoms with Crippen LogP contribution in [0.25, 0.3) is 11.0 Å². The van der Waals surface area contributed by atoms with Gasteiger partial charge in [0.2, 0.25) is 5.91 Å². The molecule has 0 saturated heterocycles. The molecule has 1 amide bonds. The van der Waals surface area contributed by atoms with Gasteiger partial charge in [0.15, 0.2) is 17.3 Å². The van der Waals surface area contributed by atoms with Crippen molar-refractivity contribution in [1.82, 2.24) is 0 Å². The number of nitrogens with one attached hydrogen (secondary N) is 1. The summed E-state index contributed by atoms with van der Waals surface area (Å²) >= 11 is 0. The maximum absolute atomic E-state index is 12.7. The Bertz CT molecular complexity index is 942. The molecule has 0 unspecified atom stereocenters. The zero-order chi connectivity index (χ0) is 17.3. The van der Waals surface area contributed by atoms with Crippen LogP contribution < -0.4 is 10.1 Å². The standard InChI is InChI=1S/C18H15NO5/c1-10(20)19-12-5-3-4-11(6-12)18(22)14-9-24-16-8-17(23-2)15(21)7-13(14)16/h3-9,21H,1-2H3,(H,19,20). The van der Waals surface area contributed by atoms with E-state index in [1.54, 1.807) is 24.3 Å². The van der Waals surface area contributed by atoms with Crippen molar-refractivity contribution in [3.8, 4) is 11.5 Å². The summed E-state index contributed by atoms with van der Waals surface area (Å²) in [5.74, 6) is -0.299. The number of hydrogen-bond donors (Lipinski definition) is 2. The molecule has 0 aliphatic rings. The second-order valence-corrected chi connectivity index (χ2v) is 5.26. The Hall–Kier alpha value is -3.28. The smallest absolute Gasteiger partial charge is 0.221 e. The lowest BCUT2D eigenvalue weighted by Crippen LogP contribution is -2.07. The van der Waals surface area contributed by atoms with Crippen molar-refractivity contribution < 1.29 is 23.8 Å². The largest absolute Gasteiger partial charge is 0.504 e. The van der Waals surface area contributed by atoms with Gasteiger partial charge in [0.05, 0.1) is 12.7 Å². The lowest BCUT2D eigenvalue weighted by atomic mass is 10.0. The number of benzene rings is 2. The highest BCUT2D eigenvalue weighted by molar-refractivity contribution is 6.16. The Morgan fingerprint density at radius 3 is 2.71 bits per heavy atom. The molecule has 0 atom stereocenters. The Morgan fingerprint density at radius 2 is 2.00 bits per heavy atom. The van der Waals surface area contributed by atoms with Gasteiger partial charge < -0.3 is 19.6 Å². The Morgan fingerprint density at radius 1 is 1.21 bits per heavy atom. The molecule has 0 fully saturated rings. The van der Waals surface area contributed by atoms with E-state index in [2.05, 4.69) is 5.32 Å². The van der Waals surface area contributed by atoms with Gasteiger partial charge in [0.25, 0.3) is 0 Å². The summed E-state index contributed by atoms with van der Waals surface area (Å²) in [7, 11) is 1.43. The normalized spacial score (nSPS) is 10.6. The summed E-state index contributed by atoms with van der Waals surface area (Å²) in [6, 6.07) is 9.57. The molecule has 6 heteroatoms. The fourth-order valence-corrected chi connectivity index (χ4v) is 2.48. The van der Waals surface area contributed by atoms with E-state index in [1.807, 2.05) is 0 Å². The number of phenolic OH excluding ortho intramolecular Hbond substituents is 1. The van der Waals surface area contributed by atoms with E-state index in [0.717, 1.165) is 0 Å². The number of methoxy groups -OCH3 is 1. The number of fused-ring (bicyclic) bond motifs is 1. The van der Waals surface area contributed by atoms with E-state index in [0.29, 0.717) is 27.8 Å². The van der Waals surface area contributed by atoms with Crippen LogP contribution in [-0.4, -0.2) is 23.9 Å². The van der Waals surface area contributed by atoms with Crippen LogP contribution in [0.5, 0.6) is 11.5 Å². The molecule has 2 N–H and O–H groups in total. The van der Waals surface area contributed by atoms with Crippen molar-refractivity contribution in [2.24, 2.45) is 0 Å². The highest BCUT2D eigenvalue weighted by atomic mass is 16.5. The van der Waals surface area contributed by atoms with Crippen molar-refractivity contribution in [3.63, 3.8) is 0 Å². The van der Waals surface area contributed by atoms with Crippen LogP contribution in [0.2, 0.25) is 0 Å². The van der Waals surface area contributed by atoms with Crippen molar-refractivity contribution in [3.05, 3.63) is 53.8 Å². The molecule has 0 bridgehead atoms. The van der Waals surface area contributed by atoms with Gasteiger partial charge in [-0.1, -0.05) is 12.1 Å². The second kappa shape index (κ2) is 6.08. The van der Waals surface area contributed by atoms with Crippen LogP contribution in [0.15, 0.2) is 47.1 Å². The van der Waals surface area contributed by atoms with Gasteiger partial charge in [0.1, 0.15) is 11.8 Å². The third-order valence-corrected chi connectivity index (χ3v) is 3.56. The number of ether oxygens (including phenoxy) is 1. The predicted molar refractivity (Wildman–Crippen MR) is 88.6 cm³/mol. The van der Waals surface area contributed by atoms with Gasteiger partial charge in [-0.25, -0.2) is 0 Å². The maximum atomic E-state index is 12.7. The molecule has 2 aromatic carbocycles. The van der Waals surface area contributed by atoms with Crippen molar-refractivity contribution in [1.29, 1.82) is 0 Å². The van der Waals surface area contributed by atoms with E-state index in [9.17, 15) is 14.7 Å². The van der Waals surface area contributed by atoms with Gasteiger partial charge in [0, 0.05) is 29.6 Å². The number of hydrogen-bond acceptors (Lipinski definition) is 5. The predicted octanol–water partition coefficient (Wildman–Crippen LogP) is 3.34. The minimum Gasteiger partial charge on any atom is -0.504 e. The van der Waals surface area contributed by atoms with Crippen LogP contribution in [0, 0.1) is 0 Å². The van der Waals surface area contributed by atoms with Crippen molar-refractivity contribution in [2.75, 3.05) is 12.4 Å². The highest BCUT2D eigenvalue weighted by Crippen LogP contribution is 2.34. The molecular formula is C18H15NO5. The number of phenols is 1. The average molecular weight is 325 g/mol. The first kappa shape index (κ1) is 15.6. The van der Waals surface area contributed by atoms with Gasteiger partial charge in [-0.15, -0.1) is 0 Å². The number of carbonyl (C=O) groups is 2. The fourth-order valence-electron chi connectivity index (χ4n) is 2.48. The number of carbonyl (C=O) groups excluding carboxylic acids is 2. The first-order valence-electron chi connectivity index (χ1n) is 7.20. The van der Waals surface area contributed by atoms with Gasteiger partial charge in [-0.3, -0.25) is 9.59 Å². The third kappa shape index (κ3) is 2.81. The molecule has 0 aliphatic heterocycles. The molecule has 6 nitrogen and oxygen atoms in total. The highest BCUT2D eigenvalue weighted by Gasteiger charge is 2.18. The summed E-state index contributed by atoms with van der Waals surface area (Å²) in [6.45, 7) is 1.40. The van der Waals surface area contributed by atoms with E-state index < -0.39 is 0 Å². The topological polar surface area (TPSA) is 88.8 Å². The first-order valence-corrected chi connectivity index (χ1v) is 7.20. The minimum absolute atomic E-state index is 0.0764. The van der Waals surface area contributed by atoms with E-state index >= 15 is 0 Å². The molecule has 3 aromatic rings. The van der Waals surface area contributed by atoms with Crippen LogP contribution in [-0.2, 0) is 4.79 Å². The number of furan rings is 1. The number of rotatable bonds is 4. The summed E-state index contributed by atoms with van der Waals surface area (Å²) in [6.07, 6.45) is 1.34. The number of ketones is 1. The second-order valence-electron chi connectivity index (χ2n) is 5.26. The molecule has 1 heterocycles. The fraction of sp³-hybridized carbons (Fsp3) is 0.111. The van der Waals surface area contributed by atoms with Crippen LogP contribution >= 0.6 is 0 Å². The summed E-state index contributed by atoms with van der Waals surface area (Å²) < 4.78 is 10.4. The molecule has 3 rings (SSSR count). The SMILES string of the molecule is COc1cc2occ(C(=O)c3cccc(NC(C)=O)c3)c2cc1O. The van der Waals surface area contributed by atoms with Crippen LogP contribution in [0.3, 0.4) is 0 Å². The number of aromatic hydroxyl groups is 1. The van der Waals surface area contributed by atoms with Gasteiger partial charge in [-0.05, 0) is 18.2 Å². The molecule has 0 spiro atoms. The lowest BCUT2D eigenvalue weighted by molar-refractivity contribution is -0.114.